The van der Waals surface area contributed by atoms with E-state index in [-0.39, 0.29) is 19.0 Å². The summed E-state index contributed by atoms with van der Waals surface area (Å²) < 4.78 is 18.6. The highest BCUT2D eigenvalue weighted by Gasteiger charge is 2.16. The van der Waals surface area contributed by atoms with E-state index in [9.17, 15) is 18.8 Å². The van der Waals surface area contributed by atoms with E-state index in [1.165, 1.54) is 18.2 Å². The van der Waals surface area contributed by atoms with Gasteiger partial charge in [0.15, 0.2) is 0 Å². The molecule has 0 unspecified atom stereocenters. The Labute approximate surface area is 180 Å². The van der Waals surface area contributed by atoms with Crippen LogP contribution in [0.25, 0.3) is 6.08 Å². The van der Waals surface area contributed by atoms with Crippen LogP contribution < -0.4 is 16.0 Å². The Hall–Kier alpha value is -3.68. The quantitative estimate of drug-likeness (QED) is 0.588. The monoisotopic (exact) mass is 427 g/mol. The van der Waals surface area contributed by atoms with E-state index in [4.69, 9.17) is 4.74 Å². The van der Waals surface area contributed by atoms with Crippen molar-refractivity contribution < 1.29 is 23.5 Å². The van der Waals surface area contributed by atoms with Gasteiger partial charge < -0.3 is 20.7 Å². The lowest BCUT2D eigenvalue weighted by molar-refractivity contribution is -0.117. The predicted molar refractivity (Wildman–Crippen MR) is 117 cm³/mol. The van der Waals surface area contributed by atoms with Gasteiger partial charge >= 0.3 is 6.09 Å². The number of ether oxygens (including phenoxy) is 1. The van der Waals surface area contributed by atoms with Crippen molar-refractivity contribution in [2.45, 2.75) is 32.9 Å². The summed E-state index contributed by atoms with van der Waals surface area (Å²) in [6, 6.07) is 13.1. The van der Waals surface area contributed by atoms with Crippen LogP contribution in [-0.2, 0) is 20.9 Å². The molecule has 0 saturated carbocycles. The number of alkyl carbamates (subject to hydrolysis) is 1. The lowest BCUT2D eigenvalue weighted by Gasteiger charge is -2.19. The van der Waals surface area contributed by atoms with Gasteiger partial charge in [0, 0.05) is 23.9 Å². The fraction of sp³-hybridized carbons (Fsp3) is 0.261. The minimum Gasteiger partial charge on any atom is -0.444 e. The molecule has 0 radical (unpaired) electrons. The van der Waals surface area contributed by atoms with Crippen molar-refractivity contribution in [3.8, 4) is 0 Å². The molecule has 3 amide bonds. The highest BCUT2D eigenvalue weighted by Crippen LogP contribution is 2.11. The first-order valence-electron chi connectivity index (χ1n) is 9.68. The third kappa shape index (κ3) is 9.12. The molecule has 0 atom stereocenters. The molecule has 0 aliphatic carbocycles. The first-order valence-corrected chi connectivity index (χ1v) is 9.68. The van der Waals surface area contributed by atoms with E-state index < -0.39 is 23.4 Å². The summed E-state index contributed by atoms with van der Waals surface area (Å²) in [7, 11) is 0. The molecule has 0 aromatic heterocycles. The third-order valence-electron chi connectivity index (χ3n) is 3.79. The molecule has 0 fully saturated rings. The number of rotatable bonds is 7. The van der Waals surface area contributed by atoms with Gasteiger partial charge in [0.1, 0.15) is 18.0 Å². The Kier molecular flexibility index (Phi) is 8.31. The minimum atomic E-state index is -0.678. The summed E-state index contributed by atoms with van der Waals surface area (Å²) in [5.74, 6) is -1.20. The van der Waals surface area contributed by atoms with E-state index in [0.717, 1.165) is 5.56 Å². The Bertz CT molecular complexity index is 967. The molecule has 0 spiro atoms. The molecule has 2 rings (SSSR count). The summed E-state index contributed by atoms with van der Waals surface area (Å²) >= 11 is 0. The van der Waals surface area contributed by atoms with Gasteiger partial charge in [-0.05, 0) is 50.6 Å². The molecule has 0 saturated heterocycles. The second-order valence-corrected chi connectivity index (χ2v) is 7.68. The normalized spacial score (nSPS) is 11.1. The van der Waals surface area contributed by atoms with Crippen molar-refractivity contribution in [3.63, 3.8) is 0 Å². The van der Waals surface area contributed by atoms with Crippen molar-refractivity contribution in [1.82, 2.24) is 10.6 Å². The second kappa shape index (κ2) is 10.9. The van der Waals surface area contributed by atoms with Crippen LogP contribution in [0.15, 0.2) is 54.6 Å². The molecule has 8 heteroatoms. The van der Waals surface area contributed by atoms with E-state index in [0.29, 0.717) is 11.3 Å². The summed E-state index contributed by atoms with van der Waals surface area (Å²) in [5, 5.41) is 7.74. The molecule has 31 heavy (non-hydrogen) atoms. The topological polar surface area (TPSA) is 96.5 Å². The zero-order chi connectivity index (χ0) is 22.9. The Morgan fingerprint density at radius 2 is 1.77 bits per heavy atom. The average Bonchev–Trinajstić information content (AvgIpc) is 2.69. The molecule has 3 N–H and O–H groups in total. The van der Waals surface area contributed by atoms with Crippen LogP contribution in [0, 0.1) is 5.82 Å². The van der Waals surface area contributed by atoms with E-state index in [2.05, 4.69) is 16.0 Å². The molecule has 164 valence electrons. The molecule has 7 nitrogen and oxygen atoms in total. The summed E-state index contributed by atoms with van der Waals surface area (Å²) in [4.78, 5) is 35.6. The molecule has 0 heterocycles. The Morgan fingerprint density at radius 3 is 2.48 bits per heavy atom. The molecule has 2 aromatic carbocycles. The maximum Gasteiger partial charge on any atom is 0.408 e. The highest BCUT2D eigenvalue weighted by atomic mass is 19.1. The highest BCUT2D eigenvalue weighted by molar-refractivity contribution is 5.94. The number of amides is 3. The number of hydrogen-bond donors (Lipinski definition) is 3. The number of benzene rings is 2. The summed E-state index contributed by atoms with van der Waals surface area (Å²) in [6.07, 6.45) is 1.98. The zero-order valence-electron chi connectivity index (χ0n) is 17.7. The van der Waals surface area contributed by atoms with Gasteiger partial charge in [0.25, 0.3) is 0 Å². The summed E-state index contributed by atoms with van der Waals surface area (Å²) in [6.45, 7) is 5.17. The SMILES string of the molecule is CC(C)(C)OC(=O)NCC(=O)Nc1cccc(CNC(=O)/C=C/c2ccccc2F)c1. The van der Waals surface area contributed by atoms with E-state index in [1.807, 2.05) is 0 Å². The van der Waals surface area contributed by atoms with Gasteiger partial charge in [0.2, 0.25) is 11.8 Å². The van der Waals surface area contributed by atoms with Crippen LogP contribution in [0.4, 0.5) is 14.9 Å². The number of hydrogen-bond acceptors (Lipinski definition) is 4. The van der Waals surface area contributed by atoms with Crippen molar-refractivity contribution in [1.29, 1.82) is 0 Å². The van der Waals surface area contributed by atoms with Crippen LogP contribution in [0.2, 0.25) is 0 Å². The van der Waals surface area contributed by atoms with Gasteiger partial charge in [-0.15, -0.1) is 0 Å². The molecule has 0 aliphatic rings. The Morgan fingerprint density at radius 1 is 1.03 bits per heavy atom. The van der Waals surface area contributed by atoms with Crippen LogP contribution in [0.1, 0.15) is 31.9 Å². The van der Waals surface area contributed by atoms with E-state index >= 15 is 0 Å². The zero-order valence-corrected chi connectivity index (χ0v) is 17.7. The molecule has 2 aromatic rings. The van der Waals surface area contributed by atoms with Crippen LogP contribution >= 0.6 is 0 Å². The fourth-order valence-electron chi connectivity index (χ4n) is 2.45. The van der Waals surface area contributed by atoms with Gasteiger partial charge in [-0.3, -0.25) is 9.59 Å². The average molecular weight is 427 g/mol. The third-order valence-corrected chi connectivity index (χ3v) is 3.79. The number of halogens is 1. The van der Waals surface area contributed by atoms with Crippen molar-refractivity contribution in [3.05, 3.63) is 71.6 Å². The van der Waals surface area contributed by atoms with Gasteiger partial charge in [-0.1, -0.05) is 30.3 Å². The molecule has 0 aliphatic heterocycles. The number of anilines is 1. The van der Waals surface area contributed by atoms with E-state index in [1.54, 1.807) is 63.2 Å². The maximum absolute atomic E-state index is 13.6. The molecular formula is C23H26FN3O4. The molecular weight excluding hydrogens is 401 g/mol. The number of carbonyl (C=O) groups is 3. The van der Waals surface area contributed by atoms with Gasteiger partial charge in [0.05, 0.1) is 0 Å². The van der Waals surface area contributed by atoms with Gasteiger partial charge in [-0.2, -0.15) is 0 Å². The lowest BCUT2D eigenvalue weighted by atomic mass is 10.2. The fourth-order valence-corrected chi connectivity index (χ4v) is 2.45. The van der Waals surface area contributed by atoms with Crippen molar-refractivity contribution in [2.24, 2.45) is 0 Å². The second-order valence-electron chi connectivity index (χ2n) is 7.68. The first kappa shape index (κ1) is 23.6. The van der Waals surface area contributed by atoms with Crippen LogP contribution in [0.3, 0.4) is 0 Å². The first-order chi connectivity index (χ1) is 14.6. The number of nitrogens with one attached hydrogen (secondary N) is 3. The standard InChI is InChI=1S/C23H26FN3O4/c1-23(2,3)31-22(30)26-15-21(29)27-18-9-6-7-16(13-18)14-25-20(28)12-11-17-8-4-5-10-19(17)24/h4-13H,14-15H2,1-3H3,(H,25,28)(H,26,30)(H,27,29)/b12-11+. The maximum atomic E-state index is 13.6. The molecule has 0 bridgehead atoms. The van der Waals surface area contributed by atoms with Gasteiger partial charge in [-0.25, -0.2) is 9.18 Å². The van der Waals surface area contributed by atoms with Crippen molar-refractivity contribution in [2.75, 3.05) is 11.9 Å². The number of carbonyl (C=O) groups excluding carboxylic acids is 3. The predicted octanol–water partition coefficient (Wildman–Crippen LogP) is 3.62. The summed E-state index contributed by atoms with van der Waals surface area (Å²) in [5.41, 5.74) is 0.946. The largest absolute Gasteiger partial charge is 0.444 e. The van der Waals surface area contributed by atoms with Crippen LogP contribution in [-0.4, -0.2) is 30.1 Å². The van der Waals surface area contributed by atoms with Crippen LogP contribution in [0.5, 0.6) is 0 Å². The lowest BCUT2D eigenvalue weighted by Crippen LogP contribution is -2.37. The smallest absolute Gasteiger partial charge is 0.408 e. The van der Waals surface area contributed by atoms with Crippen molar-refractivity contribution >= 4 is 29.7 Å². The minimum absolute atomic E-state index is 0.223. The Balaban J connectivity index is 1.82.